The summed E-state index contributed by atoms with van der Waals surface area (Å²) in [7, 11) is 0. The smallest absolute Gasteiger partial charge is 0.261 e. The summed E-state index contributed by atoms with van der Waals surface area (Å²) in [5, 5.41) is 4.25. The quantitative estimate of drug-likeness (QED) is 0.853. The molecule has 108 valence electrons. The minimum absolute atomic E-state index is 0.292. The summed E-state index contributed by atoms with van der Waals surface area (Å²) in [5.74, 6) is 0.292. The highest BCUT2D eigenvalue weighted by atomic mass is 19.4. The lowest BCUT2D eigenvalue weighted by atomic mass is 10.1. The number of fused-ring (bicyclic) bond motifs is 1. The molecule has 0 aliphatic heterocycles. The Kier molecular flexibility index (Phi) is 3.37. The fourth-order valence-corrected chi connectivity index (χ4v) is 2.28. The number of nitrogens with zero attached hydrogens (tertiary/aromatic N) is 2. The van der Waals surface area contributed by atoms with Crippen LogP contribution >= 0.6 is 0 Å². The maximum Gasteiger partial charge on any atom is 0.417 e. The third-order valence-corrected chi connectivity index (χ3v) is 3.36. The molecule has 0 saturated carbocycles. The number of aryl methyl sites for hydroxylation is 1. The molecule has 1 N–H and O–H groups in total. The third kappa shape index (κ3) is 2.89. The summed E-state index contributed by atoms with van der Waals surface area (Å²) in [4.78, 5) is 3.72. The zero-order chi connectivity index (χ0) is 14.9. The number of alkyl halides is 3. The second kappa shape index (κ2) is 5.20. The van der Waals surface area contributed by atoms with Gasteiger partial charge in [-0.05, 0) is 30.5 Å². The lowest BCUT2D eigenvalue weighted by molar-refractivity contribution is -0.137. The lowest BCUT2D eigenvalue weighted by Crippen LogP contribution is -2.06. The number of nitrogens with one attached hydrogen (secondary N) is 1. The third-order valence-electron chi connectivity index (χ3n) is 3.36. The first-order valence-electron chi connectivity index (χ1n) is 6.48. The first kappa shape index (κ1) is 13.6. The fourth-order valence-electron chi connectivity index (χ4n) is 2.28. The van der Waals surface area contributed by atoms with E-state index in [1.165, 1.54) is 11.6 Å². The van der Waals surface area contributed by atoms with E-state index in [0.29, 0.717) is 5.82 Å². The summed E-state index contributed by atoms with van der Waals surface area (Å²) in [6.07, 6.45) is -1.84. The predicted molar refractivity (Wildman–Crippen MR) is 74.2 cm³/mol. The average Bonchev–Trinajstić information content (AvgIpc) is 2.88. The van der Waals surface area contributed by atoms with Crippen LogP contribution in [0.2, 0.25) is 0 Å². The SMILES string of the molecule is FC(F)(F)c1ccc(NN=C2CCc3ccccc32)nc1. The summed E-state index contributed by atoms with van der Waals surface area (Å²) in [6, 6.07) is 10.2. The van der Waals surface area contributed by atoms with Gasteiger partial charge >= 0.3 is 6.18 Å². The van der Waals surface area contributed by atoms with Crippen molar-refractivity contribution in [3.63, 3.8) is 0 Å². The van der Waals surface area contributed by atoms with Crippen LogP contribution in [0.4, 0.5) is 19.0 Å². The standard InChI is InChI=1S/C15H12F3N3/c16-15(17,18)11-6-8-14(19-9-11)21-20-13-7-5-10-3-1-2-4-12(10)13/h1-4,6,8-9H,5,7H2,(H,19,21). The Morgan fingerprint density at radius 3 is 2.57 bits per heavy atom. The first-order chi connectivity index (χ1) is 10.0. The van der Waals surface area contributed by atoms with Crippen molar-refractivity contribution in [3.8, 4) is 0 Å². The van der Waals surface area contributed by atoms with Crippen LogP contribution in [0.3, 0.4) is 0 Å². The van der Waals surface area contributed by atoms with E-state index in [1.807, 2.05) is 24.3 Å². The van der Waals surface area contributed by atoms with Gasteiger partial charge in [0.05, 0.1) is 11.3 Å². The second-order valence-electron chi connectivity index (χ2n) is 4.76. The number of hydrazone groups is 1. The Hall–Kier alpha value is -2.37. The van der Waals surface area contributed by atoms with E-state index in [2.05, 4.69) is 15.5 Å². The van der Waals surface area contributed by atoms with Gasteiger partial charge in [-0.25, -0.2) is 4.98 Å². The lowest BCUT2D eigenvalue weighted by Gasteiger charge is -2.07. The van der Waals surface area contributed by atoms with Gasteiger partial charge in [-0.1, -0.05) is 24.3 Å². The van der Waals surface area contributed by atoms with Gasteiger partial charge in [0.25, 0.3) is 0 Å². The van der Waals surface area contributed by atoms with Crippen molar-refractivity contribution >= 4 is 11.5 Å². The molecular weight excluding hydrogens is 279 g/mol. The van der Waals surface area contributed by atoms with Crippen LogP contribution in [-0.2, 0) is 12.6 Å². The number of pyridine rings is 1. The van der Waals surface area contributed by atoms with Crippen molar-refractivity contribution in [2.24, 2.45) is 5.10 Å². The van der Waals surface area contributed by atoms with Crippen LogP contribution in [0.15, 0.2) is 47.7 Å². The zero-order valence-corrected chi connectivity index (χ0v) is 11.0. The molecule has 0 fully saturated rings. The van der Waals surface area contributed by atoms with Crippen molar-refractivity contribution in [2.45, 2.75) is 19.0 Å². The van der Waals surface area contributed by atoms with E-state index in [0.717, 1.165) is 36.4 Å². The van der Waals surface area contributed by atoms with Crippen molar-refractivity contribution < 1.29 is 13.2 Å². The highest BCUT2D eigenvalue weighted by molar-refractivity contribution is 6.04. The summed E-state index contributed by atoms with van der Waals surface area (Å²) < 4.78 is 37.3. The average molecular weight is 291 g/mol. The molecule has 1 aliphatic rings. The van der Waals surface area contributed by atoms with Crippen molar-refractivity contribution in [1.29, 1.82) is 0 Å². The first-order valence-corrected chi connectivity index (χ1v) is 6.48. The maximum atomic E-state index is 12.4. The van der Waals surface area contributed by atoms with Crippen molar-refractivity contribution in [3.05, 3.63) is 59.3 Å². The molecule has 1 aromatic carbocycles. The van der Waals surface area contributed by atoms with Crippen molar-refractivity contribution in [2.75, 3.05) is 5.43 Å². The van der Waals surface area contributed by atoms with E-state index in [9.17, 15) is 13.2 Å². The van der Waals surface area contributed by atoms with Gasteiger partial charge in [-0.2, -0.15) is 18.3 Å². The number of hydrogen-bond acceptors (Lipinski definition) is 3. The van der Waals surface area contributed by atoms with E-state index in [4.69, 9.17) is 0 Å². The molecular formula is C15H12F3N3. The van der Waals surface area contributed by atoms with Crippen molar-refractivity contribution in [1.82, 2.24) is 4.98 Å². The Morgan fingerprint density at radius 2 is 1.86 bits per heavy atom. The number of hydrogen-bond donors (Lipinski definition) is 1. The highest BCUT2D eigenvalue weighted by Crippen LogP contribution is 2.29. The molecule has 1 aliphatic carbocycles. The molecule has 6 heteroatoms. The summed E-state index contributed by atoms with van der Waals surface area (Å²) in [6.45, 7) is 0. The number of anilines is 1. The van der Waals surface area contributed by atoms with Crippen LogP contribution in [0, 0.1) is 0 Å². The molecule has 1 aromatic heterocycles. The Balaban J connectivity index is 1.75. The largest absolute Gasteiger partial charge is 0.417 e. The number of halogens is 3. The summed E-state index contributed by atoms with van der Waals surface area (Å²) in [5.41, 5.74) is 5.16. The van der Waals surface area contributed by atoms with E-state index < -0.39 is 11.7 Å². The Morgan fingerprint density at radius 1 is 1.05 bits per heavy atom. The van der Waals surface area contributed by atoms with Crippen LogP contribution in [0.5, 0.6) is 0 Å². The minimum Gasteiger partial charge on any atom is -0.261 e. The van der Waals surface area contributed by atoms with Crippen LogP contribution < -0.4 is 5.43 Å². The number of rotatable bonds is 2. The zero-order valence-electron chi connectivity index (χ0n) is 11.0. The van der Waals surface area contributed by atoms with E-state index in [-0.39, 0.29) is 0 Å². The molecule has 0 bridgehead atoms. The molecule has 2 aromatic rings. The van der Waals surface area contributed by atoms with Crippen LogP contribution in [0.1, 0.15) is 23.1 Å². The van der Waals surface area contributed by atoms with Crippen LogP contribution in [-0.4, -0.2) is 10.7 Å². The van der Waals surface area contributed by atoms with E-state index in [1.54, 1.807) is 0 Å². The highest BCUT2D eigenvalue weighted by Gasteiger charge is 2.30. The molecule has 0 radical (unpaired) electrons. The van der Waals surface area contributed by atoms with Gasteiger partial charge in [-0.15, -0.1) is 0 Å². The molecule has 1 heterocycles. The van der Waals surface area contributed by atoms with E-state index >= 15 is 0 Å². The monoisotopic (exact) mass is 291 g/mol. The second-order valence-corrected chi connectivity index (χ2v) is 4.76. The normalized spacial score (nSPS) is 16.0. The van der Waals surface area contributed by atoms with Gasteiger partial charge < -0.3 is 0 Å². The maximum absolute atomic E-state index is 12.4. The Labute approximate surface area is 119 Å². The fraction of sp³-hybridized carbons (Fsp3) is 0.200. The topological polar surface area (TPSA) is 37.3 Å². The number of aromatic nitrogens is 1. The van der Waals surface area contributed by atoms with Gasteiger partial charge in [0.2, 0.25) is 0 Å². The molecule has 0 unspecified atom stereocenters. The predicted octanol–water partition coefficient (Wildman–Crippen LogP) is 3.86. The number of benzene rings is 1. The van der Waals surface area contributed by atoms with Gasteiger partial charge in [0.1, 0.15) is 5.82 Å². The molecule has 3 rings (SSSR count). The van der Waals surface area contributed by atoms with Gasteiger partial charge in [0.15, 0.2) is 0 Å². The summed E-state index contributed by atoms with van der Waals surface area (Å²) >= 11 is 0. The minimum atomic E-state index is -4.37. The molecule has 0 amide bonds. The van der Waals surface area contributed by atoms with Gasteiger partial charge in [-0.3, -0.25) is 5.43 Å². The molecule has 3 nitrogen and oxygen atoms in total. The molecule has 0 saturated heterocycles. The van der Waals surface area contributed by atoms with Crippen LogP contribution in [0.25, 0.3) is 0 Å². The Bertz CT molecular complexity index is 675. The van der Waals surface area contributed by atoms with Gasteiger partial charge in [0, 0.05) is 11.8 Å². The molecule has 0 spiro atoms. The molecule has 21 heavy (non-hydrogen) atoms. The molecule has 0 atom stereocenters.